The van der Waals surface area contributed by atoms with Gasteiger partial charge in [-0.2, -0.15) is 0 Å². The Bertz CT molecular complexity index is 2050. The topological polar surface area (TPSA) is 231 Å². The second kappa shape index (κ2) is 66.5. The summed E-state index contributed by atoms with van der Waals surface area (Å²) in [4.78, 5) is 58.4. The van der Waals surface area contributed by atoms with E-state index in [0.29, 0.717) is 19.3 Å². The molecule has 0 saturated heterocycles. The molecule has 0 spiro atoms. The lowest BCUT2D eigenvalue weighted by atomic mass is 10.0. The number of carbonyl (C=O) groups is 3. The van der Waals surface area contributed by atoms with E-state index < -0.39 is 91.5 Å². The van der Waals surface area contributed by atoms with Gasteiger partial charge in [0.15, 0.2) is 6.10 Å². The van der Waals surface area contributed by atoms with Crippen LogP contribution >= 0.6 is 15.6 Å². The van der Waals surface area contributed by atoms with Crippen molar-refractivity contribution in [1.29, 1.82) is 0 Å². The van der Waals surface area contributed by atoms with Gasteiger partial charge in [-0.15, -0.1) is 0 Å². The fraction of sp³-hybridized carbons (Fsp3) is 0.740. The Labute approximate surface area is 552 Å². The molecule has 0 aliphatic rings. The van der Waals surface area contributed by atoms with Gasteiger partial charge < -0.3 is 34.2 Å². The van der Waals surface area contributed by atoms with E-state index in [1.165, 1.54) is 77.0 Å². The molecule has 0 aliphatic carbocycles. The summed E-state index contributed by atoms with van der Waals surface area (Å²) in [6, 6.07) is 0. The first-order valence-corrected chi connectivity index (χ1v) is 38.5. The van der Waals surface area contributed by atoms with Gasteiger partial charge in [0, 0.05) is 19.3 Å². The Morgan fingerprint density at radius 1 is 0.319 bits per heavy atom. The van der Waals surface area contributed by atoms with Crippen LogP contribution in [-0.2, 0) is 55.8 Å². The van der Waals surface area contributed by atoms with E-state index in [1.807, 2.05) is 0 Å². The molecule has 4 N–H and O–H groups in total. The second-order valence-corrected chi connectivity index (χ2v) is 26.5. The Morgan fingerprint density at radius 2 is 0.582 bits per heavy atom. The SMILES string of the molecule is CC/C=C\C/C=C\C/C=C\C/C=C\C/C=C\CCCCCCCCCCCC(=O)OCC(O)COP(=O)(O)OCC(O)COP(=O)(O)OCC(COC(=O)CCCCCCCCC/C=C\C/C=C\C/C=C\CC)OC(=O)CCCCCCCCCCCCCCC. The van der Waals surface area contributed by atoms with Crippen molar-refractivity contribution in [2.24, 2.45) is 0 Å². The number of esters is 3. The van der Waals surface area contributed by atoms with Crippen LogP contribution in [0.1, 0.15) is 290 Å². The molecule has 0 bridgehead atoms. The first-order valence-electron chi connectivity index (χ1n) is 35.5. The molecule has 0 amide bonds. The molecular formula is C73H128O16P2. The lowest BCUT2D eigenvalue weighted by Gasteiger charge is -2.21. The number of rotatable bonds is 67. The summed E-state index contributed by atoms with van der Waals surface area (Å²) in [5.74, 6) is -1.58. The summed E-state index contributed by atoms with van der Waals surface area (Å²) in [6.45, 7) is 2.45. The van der Waals surface area contributed by atoms with Crippen molar-refractivity contribution in [2.75, 3.05) is 39.6 Å². The predicted octanol–water partition coefficient (Wildman–Crippen LogP) is 19.9. The fourth-order valence-corrected chi connectivity index (χ4v) is 11.0. The van der Waals surface area contributed by atoms with E-state index in [4.69, 9.17) is 32.3 Å². The Hall–Kier alpha value is -3.53. The highest BCUT2D eigenvalue weighted by Gasteiger charge is 2.29. The predicted molar refractivity (Wildman–Crippen MR) is 371 cm³/mol. The average molecular weight is 1320 g/mol. The van der Waals surface area contributed by atoms with Gasteiger partial charge in [-0.3, -0.25) is 32.5 Å². The Morgan fingerprint density at radius 3 is 0.923 bits per heavy atom. The first-order chi connectivity index (χ1) is 44.2. The van der Waals surface area contributed by atoms with Gasteiger partial charge in [0.2, 0.25) is 0 Å². The monoisotopic (exact) mass is 1320 g/mol. The summed E-state index contributed by atoms with van der Waals surface area (Å²) >= 11 is 0. The van der Waals surface area contributed by atoms with Crippen molar-refractivity contribution >= 4 is 33.6 Å². The summed E-state index contributed by atoms with van der Waals surface area (Å²) in [7, 11) is -9.77. The maximum atomic E-state index is 12.9. The number of phosphoric ester groups is 2. The highest BCUT2D eigenvalue weighted by Crippen LogP contribution is 2.45. The summed E-state index contributed by atoms with van der Waals surface area (Å²) in [5, 5.41) is 20.6. The molecule has 526 valence electrons. The third kappa shape index (κ3) is 67.7. The van der Waals surface area contributed by atoms with Crippen molar-refractivity contribution in [3.63, 3.8) is 0 Å². The third-order valence-electron chi connectivity index (χ3n) is 14.8. The van der Waals surface area contributed by atoms with Crippen molar-refractivity contribution in [3.05, 3.63) is 97.2 Å². The van der Waals surface area contributed by atoms with Crippen molar-refractivity contribution in [2.45, 2.75) is 309 Å². The van der Waals surface area contributed by atoms with Crippen molar-refractivity contribution in [3.8, 4) is 0 Å². The fourth-order valence-electron chi connectivity index (χ4n) is 9.44. The minimum Gasteiger partial charge on any atom is -0.463 e. The maximum absolute atomic E-state index is 12.9. The van der Waals surface area contributed by atoms with Gasteiger partial charge in [-0.25, -0.2) is 9.13 Å². The lowest BCUT2D eigenvalue weighted by Crippen LogP contribution is -2.30. The largest absolute Gasteiger partial charge is 0.472 e. The number of aliphatic hydroxyl groups is 2. The molecule has 16 nitrogen and oxygen atoms in total. The minimum atomic E-state index is -4.92. The lowest BCUT2D eigenvalue weighted by molar-refractivity contribution is -0.161. The molecule has 5 atom stereocenters. The third-order valence-corrected chi connectivity index (χ3v) is 16.7. The van der Waals surface area contributed by atoms with Gasteiger partial charge in [0.05, 0.1) is 26.4 Å². The molecule has 0 aromatic carbocycles. The molecule has 18 heteroatoms. The van der Waals surface area contributed by atoms with E-state index in [-0.39, 0.29) is 19.3 Å². The van der Waals surface area contributed by atoms with E-state index in [1.54, 1.807) is 0 Å². The van der Waals surface area contributed by atoms with Crippen LogP contribution in [0.2, 0.25) is 0 Å². The van der Waals surface area contributed by atoms with Gasteiger partial charge in [0.25, 0.3) is 0 Å². The number of phosphoric acid groups is 2. The number of hydrogen-bond acceptors (Lipinski definition) is 14. The zero-order chi connectivity index (χ0) is 66.7. The molecule has 0 aliphatic heterocycles. The maximum Gasteiger partial charge on any atom is 0.472 e. The van der Waals surface area contributed by atoms with E-state index in [2.05, 4.69) is 118 Å². The van der Waals surface area contributed by atoms with Crippen molar-refractivity contribution in [1.82, 2.24) is 0 Å². The van der Waals surface area contributed by atoms with Gasteiger partial charge in [-0.05, 0) is 96.3 Å². The Balaban J connectivity index is 4.54. The summed E-state index contributed by atoms with van der Waals surface area (Å²) in [6.07, 6.45) is 73.1. The first kappa shape index (κ1) is 87.5. The van der Waals surface area contributed by atoms with Crippen LogP contribution in [0.25, 0.3) is 0 Å². The number of carbonyl (C=O) groups excluding carboxylic acids is 3. The summed E-state index contributed by atoms with van der Waals surface area (Å²) in [5.41, 5.74) is 0. The molecule has 0 saturated carbocycles. The molecule has 0 radical (unpaired) electrons. The smallest absolute Gasteiger partial charge is 0.463 e. The van der Waals surface area contributed by atoms with Gasteiger partial charge in [-0.1, -0.05) is 272 Å². The van der Waals surface area contributed by atoms with E-state index >= 15 is 0 Å². The van der Waals surface area contributed by atoms with Crippen molar-refractivity contribution < 1.29 is 75.8 Å². The van der Waals surface area contributed by atoms with Gasteiger partial charge >= 0.3 is 33.6 Å². The molecule has 0 rings (SSSR count). The molecule has 0 aromatic heterocycles. The van der Waals surface area contributed by atoms with E-state index in [0.717, 1.165) is 154 Å². The van der Waals surface area contributed by atoms with Crippen LogP contribution in [-0.4, -0.2) is 95.9 Å². The molecule has 0 fully saturated rings. The van der Waals surface area contributed by atoms with Crippen LogP contribution in [0.5, 0.6) is 0 Å². The van der Waals surface area contributed by atoms with Crippen LogP contribution < -0.4 is 0 Å². The molecule has 0 heterocycles. The van der Waals surface area contributed by atoms with Crippen LogP contribution in [0.3, 0.4) is 0 Å². The number of allylic oxidation sites excluding steroid dienone is 16. The molecule has 91 heavy (non-hydrogen) atoms. The number of ether oxygens (including phenoxy) is 3. The summed E-state index contributed by atoms with van der Waals surface area (Å²) < 4.78 is 60.9. The zero-order valence-corrected chi connectivity index (χ0v) is 58.8. The number of aliphatic hydroxyl groups excluding tert-OH is 2. The van der Waals surface area contributed by atoms with E-state index in [9.17, 15) is 43.5 Å². The standard InChI is InChI=1S/C73H128O16P2/c1-4-7-10-13-16-19-22-25-27-29-30-31-32-33-34-35-36-38-40-42-44-47-50-53-56-59-71(76)83-62-68(74)63-85-90(79,80)86-64-69(75)65-87-91(81,82)88-67-70(89-73(78)61-58-55-52-49-46-41-24-21-18-15-12-9-6-3)66-84-72(77)60-57-54-51-48-45-43-39-37-28-26-23-20-17-14-11-8-5-2/h7-8,10-11,16-17,19-20,25-28,30-31,33-34,68-70,74-75H,4-6,9,12-15,18,21-24,29,32,35-67H2,1-3H3,(H,79,80)(H,81,82)/b10-7-,11-8-,19-16-,20-17-,27-25-,28-26-,31-30-,34-33-. The minimum absolute atomic E-state index is 0.105. The zero-order valence-electron chi connectivity index (χ0n) is 57.0. The second-order valence-electron chi connectivity index (χ2n) is 23.6. The molecule has 0 aromatic rings. The highest BCUT2D eigenvalue weighted by atomic mass is 31.2. The number of unbranched alkanes of at least 4 members (excludes halogenated alkanes) is 28. The normalized spacial score (nSPS) is 14.8. The van der Waals surface area contributed by atoms with Crippen LogP contribution in [0, 0.1) is 0 Å². The van der Waals surface area contributed by atoms with Gasteiger partial charge in [0.1, 0.15) is 25.4 Å². The Kier molecular flexibility index (Phi) is 63.9. The van der Waals surface area contributed by atoms with Crippen LogP contribution in [0.15, 0.2) is 97.2 Å². The number of hydrogen-bond donors (Lipinski definition) is 4. The highest BCUT2D eigenvalue weighted by molar-refractivity contribution is 7.47. The van der Waals surface area contributed by atoms with Crippen LogP contribution in [0.4, 0.5) is 0 Å². The molecular weight excluding hydrogens is 1190 g/mol. The average Bonchev–Trinajstić information content (AvgIpc) is 3.75. The molecule has 5 unspecified atom stereocenters. The quantitative estimate of drug-likeness (QED) is 0.0146.